The molecule has 1 aliphatic heterocycles. The highest BCUT2D eigenvalue weighted by Crippen LogP contribution is 2.32. The van der Waals surface area contributed by atoms with E-state index in [1.54, 1.807) is 12.3 Å². The third kappa shape index (κ3) is 8.74. The Morgan fingerprint density at radius 1 is 1.37 bits per heavy atom. The van der Waals surface area contributed by atoms with Crippen LogP contribution in [0.4, 0.5) is 17.6 Å². The predicted molar refractivity (Wildman–Crippen MR) is 123 cm³/mol. The van der Waals surface area contributed by atoms with Crippen molar-refractivity contribution in [2.75, 3.05) is 38.6 Å². The summed E-state index contributed by atoms with van der Waals surface area (Å²) in [6.45, 7) is 3.79. The molecule has 2 heterocycles. The minimum absolute atomic E-state index is 0.0854. The number of halogens is 4. The maximum absolute atomic E-state index is 13.5. The molecular weight excluding hydrogens is 510 g/mol. The number of rotatable bonds is 10. The molecule has 3 rings (SSSR count). The van der Waals surface area contributed by atoms with Gasteiger partial charge in [-0.2, -0.15) is 13.2 Å². The summed E-state index contributed by atoms with van der Waals surface area (Å²) in [6, 6.07) is 3.00. The van der Waals surface area contributed by atoms with Crippen LogP contribution in [0, 0.1) is 5.82 Å². The Hall–Kier alpha value is -2.22. The molecule has 35 heavy (non-hydrogen) atoms. The number of carbonyl (C=O) groups is 2. The second kappa shape index (κ2) is 12.7. The van der Waals surface area contributed by atoms with Crippen LogP contribution in [0.25, 0.3) is 0 Å². The van der Waals surface area contributed by atoms with Gasteiger partial charge in [0.25, 0.3) is 0 Å². The van der Waals surface area contributed by atoms with E-state index in [4.69, 9.17) is 9.47 Å². The molecular formula is C22H25F4N3O4S2. The first-order valence-corrected chi connectivity index (χ1v) is 12.7. The molecule has 0 aliphatic carbocycles. The first-order chi connectivity index (χ1) is 16.6. The molecule has 1 saturated heterocycles. The summed E-state index contributed by atoms with van der Waals surface area (Å²) in [5.41, 5.74) is -0.334. The normalized spacial score (nSPS) is 16.8. The van der Waals surface area contributed by atoms with E-state index in [-0.39, 0.29) is 43.2 Å². The molecule has 0 saturated carbocycles. The average molecular weight is 536 g/mol. The molecule has 192 valence electrons. The van der Waals surface area contributed by atoms with E-state index in [0.717, 1.165) is 12.1 Å². The Kier molecular flexibility index (Phi) is 9.89. The number of alkyl halides is 3. The number of benzene rings is 1. The fourth-order valence-electron chi connectivity index (χ4n) is 3.40. The van der Waals surface area contributed by atoms with Crippen LogP contribution < -0.4 is 5.32 Å². The zero-order valence-corrected chi connectivity index (χ0v) is 20.5. The van der Waals surface area contributed by atoms with Gasteiger partial charge in [-0.1, -0.05) is 17.8 Å². The first-order valence-electron chi connectivity index (χ1n) is 10.8. The summed E-state index contributed by atoms with van der Waals surface area (Å²) in [6.07, 6.45) is -4.99. The number of hydrogen-bond acceptors (Lipinski definition) is 8. The van der Waals surface area contributed by atoms with Gasteiger partial charge in [0.2, 0.25) is 5.91 Å². The maximum atomic E-state index is 13.5. The van der Waals surface area contributed by atoms with Crippen molar-refractivity contribution in [3.05, 3.63) is 46.2 Å². The molecule has 1 aromatic heterocycles. The van der Waals surface area contributed by atoms with E-state index in [1.807, 2.05) is 4.90 Å². The van der Waals surface area contributed by atoms with Crippen molar-refractivity contribution in [3.8, 4) is 0 Å². The van der Waals surface area contributed by atoms with Gasteiger partial charge in [-0.15, -0.1) is 11.3 Å². The second-order valence-corrected chi connectivity index (χ2v) is 9.80. The van der Waals surface area contributed by atoms with Gasteiger partial charge in [-0.25, -0.2) is 9.37 Å². The summed E-state index contributed by atoms with van der Waals surface area (Å²) < 4.78 is 63.6. The van der Waals surface area contributed by atoms with Crippen LogP contribution in [-0.2, 0) is 38.2 Å². The van der Waals surface area contributed by atoms with E-state index in [0.29, 0.717) is 41.9 Å². The number of nitrogens with zero attached hydrogens (tertiary/aromatic N) is 2. The lowest BCUT2D eigenvalue weighted by Gasteiger charge is -2.33. The Morgan fingerprint density at radius 3 is 2.91 bits per heavy atom. The van der Waals surface area contributed by atoms with Crippen LogP contribution in [0.2, 0.25) is 0 Å². The molecule has 1 amide bonds. The summed E-state index contributed by atoms with van der Waals surface area (Å²) >= 11 is 2.59. The van der Waals surface area contributed by atoms with Crippen molar-refractivity contribution in [2.45, 2.75) is 36.5 Å². The second-order valence-electron chi connectivity index (χ2n) is 7.72. The predicted octanol–water partition coefficient (Wildman–Crippen LogP) is 3.52. The third-order valence-corrected chi connectivity index (χ3v) is 7.05. The van der Waals surface area contributed by atoms with Crippen molar-refractivity contribution < 1.29 is 36.6 Å². The fraction of sp³-hybridized carbons (Fsp3) is 0.500. The molecule has 2 aromatic rings. The minimum Gasteiger partial charge on any atom is -0.466 e. The molecule has 1 aliphatic rings. The number of amides is 1. The summed E-state index contributed by atoms with van der Waals surface area (Å²) in [7, 11) is 0. The van der Waals surface area contributed by atoms with Gasteiger partial charge >= 0.3 is 12.1 Å². The molecule has 0 unspecified atom stereocenters. The Morgan fingerprint density at radius 2 is 2.17 bits per heavy atom. The van der Waals surface area contributed by atoms with E-state index >= 15 is 0 Å². The van der Waals surface area contributed by atoms with Crippen molar-refractivity contribution in [3.63, 3.8) is 0 Å². The molecule has 0 bridgehead atoms. The number of thioether (sulfide) groups is 1. The molecule has 1 aromatic carbocycles. The Bertz CT molecular complexity index is 1020. The van der Waals surface area contributed by atoms with Crippen LogP contribution in [0.5, 0.6) is 0 Å². The van der Waals surface area contributed by atoms with Gasteiger partial charge in [0.15, 0.2) is 4.34 Å². The van der Waals surface area contributed by atoms with Crippen LogP contribution in [0.1, 0.15) is 23.7 Å². The number of carbonyl (C=O) groups excluding carboxylic acids is 2. The van der Waals surface area contributed by atoms with Gasteiger partial charge in [-0.3, -0.25) is 14.5 Å². The lowest BCUT2D eigenvalue weighted by Crippen LogP contribution is -2.47. The molecule has 7 nitrogen and oxygen atoms in total. The van der Waals surface area contributed by atoms with E-state index in [9.17, 15) is 27.2 Å². The van der Waals surface area contributed by atoms with Crippen molar-refractivity contribution in [2.24, 2.45) is 0 Å². The first kappa shape index (κ1) is 27.4. The fourth-order valence-corrected chi connectivity index (χ4v) is 5.07. The number of aromatic nitrogens is 1. The van der Waals surface area contributed by atoms with Gasteiger partial charge in [0.05, 0.1) is 42.7 Å². The van der Waals surface area contributed by atoms with E-state index in [1.165, 1.54) is 29.2 Å². The number of hydrogen-bond donors (Lipinski definition) is 1. The lowest BCUT2D eigenvalue weighted by molar-refractivity contribution is -0.142. The molecule has 13 heteroatoms. The Balaban J connectivity index is 1.42. The van der Waals surface area contributed by atoms with Gasteiger partial charge in [0, 0.05) is 31.6 Å². The molecule has 1 atom stereocenters. The monoisotopic (exact) mass is 535 g/mol. The maximum Gasteiger partial charge on any atom is 0.419 e. The van der Waals surface area contributed by atoms with E-state index in [2.05, 4.69) is 10.3 Å². The SMILES string of the molecule is CCOC(=O)Cc1csc(SCC(=O)NC[C@H]2CN(Cc3ccc(F)c(C(F)(F)F)c3)CCO2)n1. The quantitative estimate of drug-likeness (QED) is 0.283. The van der Waals surface area contributed by atoms with Crippen molar-refractivity contribution in [1.82, 2.24) is 15.2 Å². The lowest BCUT2D eigenvalue weighted by atomic mass is 10.1. The highest BCUT2D eigenvalue weighted by atomic mass is 32.2. The van der Waals surface area contributed by atoms with Crippen LogP contribution >= 0.6 is 23.1 Å². The molecule has 1 fully saturated rings. The molecule has 1 N–H and O–H groups in total. The zero-order chi connectivity index (χ0) is 25.4. The Labute approximate surface area is 208 Å². The van der Waals surface area contributed by atoms with Crippen LogP contribution in [0.15, 0.2) is 27.9 Å². The van der Waals surface area contributed by atoms with E-state index < -0.39 is 17.6 Å². The third-order valence-electron chi connectivity index (χ3n) is 4.98. The topological polar surface area (TPSA) is 80.8 Å². The van der Waals surface area contributed by atoms with Gasteiger partial charge < -0.3 is 14.8 Å². The highest BCUT2D eigenvalue weighted by molar-refractivity contribution is 8.01. The number of morpholine rings is 1. The summed E-state index contributed by atoms with van der Waals surface area (Å²) in [5, 5.41) is 4.54. The average Bonchev–Trinajstić information content (AvgIpc) is 3.24. The largest absolute Gasteiger partial charge is 0.466 e. The number of nitrogens with one attached hydrogen (secondary N) is 1. The number of thiazole rings is 1. The number of esters is 1. The zero-order valence-electron chi connectivity index (χ0n) is 18.9. The summed E-state index contributed by atoms with van der Waals surface area (Å²) in [4.78, 5) is 29.9. The van der Waals surface area contributed by atoms with Crippen LogP contribution in [0.3, 0.4) is 0 Å². The standard InChI is InChI=1S/C22H25F4N3O4S2/c1-2-32-20(31)8-15-12-34-21(28-15)35-13-19(30)27-9-16-11-29(5-6-33-16)10-14-3-4-18(23)17(7-14)22(24,25)26/h3-4,7,12,16H,2,5-6,8-11,13H2,1H3,(H,27,30)/t16-/m0/s1. The number of ether oxygens (including phenoxy) is 2. The van der Waals surface area contributed by atoms with Gasteiger partial charge in [0.1, 0.15) is 5.82 Å². The summed E-state index contributed by atoms with van der Waals surface area (Å²) in [5.74, 6) is -1.73. The van der Waals surface area contributed by atoms with Crippen molar-refractivity contribution in [1.29, 1.82) is 0 Å². The molecule has 0 radical (unpaired) electrons. The van der Waals surface area contributed by atoms with Gasteiger partial charge in [-0.05, 0) is 24.6 Å². The van der Waals surface area contributed by atoms with Crippen molar-refractivity contribution >= 4 is 35.0 Å². The van der Waals surface area contributed by atoms with Crippen LogP contribution in [-0.4, -0.2) is 66.5 Å². The molecule has 0 spiro atoms. The highest BCUT2D eigenvalue weighted by Gasteiger charge is 2.34. The smallest absolute Gasteiger partial charge is 0.419 e. The minimum atomic E-state index is -4.75.